The molecule has 0 aromatic rings. The fourth-order valence-electron chi connectivity index (χ4n) is 3.23. The molecule has 0 atom stereocenters. The Kier molecular flexibility index (Phi) is 11.4. The van der Waals surface area contributed by atoms with Crippen molar-refractivity contribution in [3.63, 3.8) is 0 Å². The number of hydrogen-bond donors (Lipinski definition) is 0. The van der Waals surface area contributed by atoms with Crippen molar-refractivity contribution >= 4 is 5.84 Å². The maximum atomic E-state index is 5.91. The topological polar surface area (TPSA) is 15.5 Å². The third-order valence-corrected chi connectivity index (χ3v) is 4.61. The molecular formula is C19H39N2O+. The van der Waals surface area contributed by atoms with Crippen molar-refractivity contribution in [1.29, 1.82) is 0 Å². The Bertz CT molecular complexity index is 302. The maximum Gasteiger partial charge on any atom is 0.248 e. The molecule has 1 rings (SSSR count). The van der Waals surface area contributed by atoms with Crippen molar-refractivity contribution in [1.82, 2.24) is 4.90 Å². The van der Waals surface area contributed by atoms with E-state index in [1.54, 1.807) is 0 Å². The molecule has 0 fully saturated rings. The molecule has 1 aliphatic heterocycles. The average molecular weight is 312 g/mol. The highest BCUT2D eigenvalue weighted by Crippen LogP contribution is 2.09. The summed E-state index contributed by atoms with van der Waals surface area (Å²) in [5.41, 5.74) is 0. The van der Waals surface area contributed by atoms with Gasteiger partial charge in [-0.3, -0.25) is 4.90 Å². The molecule has 3 heteroatoms. The van der Waals surface area contributed by atoms with Crippen LogP contribution in [0.5, 0.6) is 0 Å². The van der Waals surface area contributed by atoms with Crippen LogP contribution in [0.4, 0.5) is 0 Å². The number of rotatable bonds is 14. The first kappa shape index (κ1) is 19.5. The van der Waals surface area contributed by atoms with Crippen molar-refractivity contribution < 1.29 is 9.31 Å². The van der Waals surface area contributed by atoms with Gasteiger partial charge >= 0.3 is 0 Å². The number of hydrogen-bond acceptors (Lipinski definition) is 2. The van der Waals surface area contributed by atoms with Crippen LogP contribution in [-0.4, -0.2) is 48.3 Å². The second kappa shape index (κ2) is 12.9. The quantitative estimate of drug-likeness (QED) is 0.343. The lowest BCUT2D eigenvalue weighted by molar-refractivity contribution is -0.560. The molecule has 1 aliphatic rings. The predicted octanol–water partition coefficient (Wildman–Crippen LogP) is 4.65. The molecule has 130 valence electrons. The molecule has 3 nitrogen and oxygen atoms in total. The average Bonchev–Trinajstić information content (AvgIpc) is 2.92. The Hall–Kier alpha value is -0.570. The number of unbranched alkanes of at least 4 members (excludes halogenated alkanes) is 7. The SMILES string of the molecule is CCCCCCCCCCOC[N+]1=C(CCC)N(CC)CC1. The number of amidine groups is 1. The Morgan fingerprint density at radius 1 is 0.909 bits per heavy atom. The van der Waals surface area contributed by atoms with E-state index < -0.39 is 0 Å². The van der Waals surface area contributed by atoms with Crippen LogP contribution >= 0.6 is 0 Å². The minimum absolute atomic E-state index is 0.794. The first-order chi connectivity index (χ1) is 10.8. The molecule has 22 heavy (non-hydrogen) atoms. The summed E-state index contributed by atoms with van der Waals surface area (Å²) in [5, 5.41) is 0. The molecule has 0 saturated heterocycles. The largest absolute Gasteiger partial charge is 0.342 e. The summed E-state index contributed by atoms with van der Waals surface area (Å²) < 4.78 is 8.35. The number of likely N-dealkylation sites (N-methyl/N-ethyl adjacent to an activating group) is 1. The summed E-state index contributed by atoms with van der Waals surface area (Å²) >= 11 is 0. The lowest BCUT2D eigenvalue weighted by atomic mass is 10.1. The van der Waals surface area contributed by atoms with Crippen molar-refractivity contribution in [2.75, 3.05) is 33.0 Å². The summed E-state index contributed by atoms with van der Waals surface area (Å²) in [6, 6.07) is 0. The summed E-state index contributed by atoms with van der Waals surface area (Å²) in [6.45, 7) is 12.0. The van der Waals surface area contributed by atoms with Crippen molar-refractivity contribution in [2.24, 2.45) is 0 Å². The van der Waals surface area contributed by atoms with Crippen LogP contribution in [0, 0.1) is 0 Å². The molecule has 0 spiro atoms. The van der Waals surface area contributed by atoms with E-state index in [1.807, 2.05) is 0 Å². The first-order valence-electron chi connectivity index (χ1n) is 9.76. The van der Waals surface area contributed by atoms with Gasteiger partial charge in [0.1, 0.15) is 13.1 Å². The van der Waals surface area contributed by atoms with Crippen LogP contribution in [0.2, 0.25) is 0 Å². The van der Waals surface area contributed by atoms with Gasteiger partial charge in [0.15, 0.2) is 6.73 Å². The number of ether oxygens (including phenoxy) is 1. The van der Waals surface area contributed by atoms with Gasteiger partial charge in [-0.15, -0.1) is 0 Å². The Balaban J connectivity index is 2.05. The molecule has 0 unspecified atom stereocenters. The van der Waals surface area contributed by atoms with E-state index in [9.17, 15) is 0 Å². The Morgan fingerprint density at radius 3 is 2.23 bits per heavy atom. The van der Waals surface area contributed by atoms with Crippen LogP contribution in [0.3, 0.4) is 0 Å². The van der Waals surface area contributed by atoms with Gasteiger partial charge in [-0.2, -0.15) is 0 Å². The third-order valence-electron chi connectivity index (χ3n) is 4.61. The van der Waals surface area contributed by atoms with Gasteiger partial charge in [-0.25, -0.2) is 4.58 Å². The summed E-state index contributed by atoms with van der Waals surface area (Å²) in [5.74, 6) is 1.50. The zero-order valence-corrected chi connectivity index (χ0v) is 15.4. The molecule has 0 bridgehead atoms. The van der Waals surface area contributed by atoms with E-state index in [1.165, 1.54) is 76.6 Å². The summed E-state index contributed by atoms with van der Waals surface area (Å²) in [4.78, 5) is 2.50. The Labute approximate surface area is 138 Å². The van der Waals surface area contributed by atoms with Crippen molar-refractivity contribution in [3.8, 4) is 0 Å². The fraction of sp³-hybridized carbons (Fsp3) is 0.947. The van der Waals surface area contributed by atoms with Gasteiger partial charge in [-0.05, 0) is 19.8 Å². The zero-order valence-electron chi connectivity index (χ0n) is 15.4. The molecule has 0 radical (unpaired) electrons. The minimum atomic E-state index is 0.794. The van der Waals surface area contributed by atoms with Crippen LogP contribution < -0.4 is 0 Å². The van der Waals surface area contributed by atoms with E-state index in [-0.39, 0.29) is 0 Å². The molecule has 1 heterocycles. The van der Waals surface area contributed by atoms with E-state index in [4.69, 9.17) is 4.74 Å². The summed E-state index contributed by atoms with van der Waals surface area (Å²) in [7, 11) is 0. The molecule has 0 saturated carbocycles. The predicted molar refractivity (Wildman–Crippen MR) is 95.7 cm³/mol. The maximum absolute atomic E-state index is 5.91. The third kappa shape index (κ3) is 7.62. The minimum Gasteiger partial charge on any atom is -0.342 e. The lowest BCUT2D eigenvalue weighted by Gasteiger charge is -2.10. The second-order valence-electron chi connectivity index (χ2n) is 6.52. The van der Waals surface area contributed by atoms with E-state index in [0.29, 0.717) is 0 Å². The lowest BCUT2D eigenvalue weighted by Crippen LogP contribution is -2.29. The Morgan fingerprint density at radius 2 is 1.59 bits per heavy atom. The second-order valence-corrected chi connectivity index (χ2v) is 6.52. The van der Waals surface area contributed by atoms with Gasteiger partial charge < -0.3 is 4.74 Å². The molecule has 0 amide bonds. The standard InChI is InChI=1S/C19H39N2O/c1-4-7-8-9-10-11-12-13-17-22-18-21-16-15-20(6-3)19(21)14-5-2/h4-18H2,1-3H3/q+1. The van der Waals surface area contributed by atoms with Crippen molar-refractivity contribution in [2.45, 2.75) is 85.0 Å². The highest BCUT2D eigenvalue weighted by Gasteiger charge is 2.27. The van der Waals surface area contributed by atoms with Crippen LogP contribution in [0.15, 0.2) is 0 Å². The zero-order chi connectivity index (χ0) is 16.0. The summed E-state index contributed by atoms with van der Waals surface area (Å²) in [6.07, 6.45) is 13.4. The monoisotopic (exact) mass is 311 g/mol. The van der Waals surface area contributed by atoms with Crippen LogP contribution in [0.25, 0.3) is 0 Å². The first-order valence-corrected chi connectivity index (χ1v) is 9.76. The van der Waals surface area contributed by atoms with E-state index in [2.05, 4.69) is 30.2 Å². The van der Waals surface area contributed by atoms with E-state index in [0.717, 1.165) is 26.4 Å². The normalized spacial score (nSPS) is 15.1. The number of nitrogens with zero attached hydrogens (tertiary/aromatic N) is 2. The molecule has 0 aromatic heterocycles. The molecule has 0 aromatic carbocycles. The van der Waals surface area contributed by atoms with Crippen LogP contribution in [-0.2, 0) is 4.74 Å². The highest BCUT2D eigenvalue weighted by molar-refractivity contribution is 5.78. The fourth-order valence-corrected chi connectivity index (χ4v) is 3.23. The van der Waals surface area contributed by atoms with Crippen molar-refractivity contribution in [3.05, 3.63) is 0 Å². The van der Waals surface area contributed by atoms with Crippen LogP contribution in [0.1, 0.15) is 85.0 Å². The molecule has 0 N–H and O–H groups in total. The smallest absolute Gasteiger partial charge is 0.248 e. The molecule has 0 aliphatic carbocycles. The van der Waals surface area contributed by atoms with Gasteiger partial charge in [-0.1, -0.05) is 58.8 Å². The van der Waals surface area contributed by atoms with Gasteiger partial charge in [0.05, 0.1) is 13.2 Å². The molecular weight excluding hydrogens is 272 g/mol. The van der Waals surface area contributed by atoms with Gasteiger partial charge in [0.25, 0.3) is 0 Å². The van der Waals surface area contributed by atoms with Gasteiger partial charge in [0, 0.05) is 6.42 Å². The van der Waals surface area contributed by atoms with E-state index >= 15 is 0 Å². The highest BCUT2D eigenvalue weighted by atomic mass is 16.5. The van der Waals surface area contributed by atoms with Gasteiger partial charge in [0.2, 0.25) is 5.84 Å².